The number of rotatable bonds is 30. The molecule has 20 nitrogen and oxygen atoms in total. The van der Waals surface area contributed by atoms with Gasteiger partial charge in [0, 0.05) is 41.8 Å². The second-order valence-electron chi connectivity index (χ2n) is 26.3. The third-order valence-corrected chi connectivity index (χ3v) is 19.2. The van der Waals surface area contributed by atoms with Gasteiger partial charge < -0.3 is 52.4 Å². The van der Waals surface area contributed by atoms with Gasteiger partial charge in [-0.15, -0.1) is 0 Å². The summed E-state index contributed by atoms with van der Waals surface area (Å²) in [5.74, 6) is -3.38. The van der Waals surface area contributed by atoms with Gasteiger partial charge in [0.05, 0.1) is 42.3 Å². The van der Waals surface area contributed by atoms with Crippen LogP contribution in [0.2, 0.25) is 35.2 Å². The molecule has 0 unspecified atom stereocenters. The minimum absolute atomic E-state index is 0.168. The van der Waals surface area contributed by atoms with Crippen LogP contribution in [0, 0.1) is 27.7 Å². The fourth-order valence-electron chi connectivity index (χ4n) is 10.4. The number of benzene rings is 10. The first kappa shape index (κ1) is 101. The van der Waals surface area contributed by atoms with Crippen molar-refractivity contribution in [2.24, 2.45) is 28.7 Å². The van der Waals surface area contributed by atoms with Gasteiger partial charge in [-0.25, -0.2) is 0 Å². The zero-order valence-electron chi connectivity index (χ0n) is 66.0. The van der Waals surface area contributed by atoms with E-state index in [2.05, 4.69) is 15.9 Å². The van der Waals surface area contributed by atoms with E-state index in [0.29, 0.717) is 95.6 Å². The molecule has 125 heavy (non-hydrogen) atoms. The zero-order valence-corrected chi connectivity index (χ0v) is 72.9. The van der Waals surface area contributed by atoms with Crippen molar-refractivity contribution < 1.29 is 98.0 Å². The number of allylic oxidation sites excluding steroid dienone is 5. The van der Waals surface area contributed by atoms with Gasteiger partial charge in [0.2, 0.25) is 0 Å². The van der Waals surface area contributed by atoms with E-state index in [4.69, 9.17) is 134 Å². The SMILES string of the molecule is Cc1cc(/C=C/C(=O)c2cccc(OCC(N)=O)c2)cc(C(F)(F)F)c1.Cc1cc(/C=C/C(=O)c2ccccc2OCC(N)=O)cc(C(F)(F)F)c1.Cc1cc(Cl)cc(/C=C/C(=O)c2cc(Br)ccc2OCC(N)=O)c1Cl.Cc1ccc(Cl)c(/C=C/C(=O)c2cccc(OCC(N)=O)c2)c1Cl.NC(=O)COc1cccc(C(=O)/C=C/c2cc(Cl)cc(Cl)c2Cl)c1. The van der Waals surface area contributed by atoms with Crippen molar-refractivity contribution >= 4 is 186 Å². The first-order valence-electron chi connectivity index (χ1n) is 36.1. The van der Waals surface area contributed by atoms with E-state index < -0.39 is 64.6 Å². The van der Waals surface area contributed by atoms with Crippen LogP contribution >= 0.6 is 97.1 Å². The van der Waals surface area contributed by atoms with Crippen molar-refractivity contribution in [2.75, 3.05) is 33.0 Å². The quantitative estimate of drug-likeness (QED) is 0.0121. The van der Waals surface area contributed by atoms with Gasteiger partial charge in [0.15, 0.2) is 62.0 Å². The second-order valence-corrected chi connectivity index (χ2v) is 30.0. The molecule has 650 valence electrons. The van der Waals surface area contributed by atoms with Crippen molar-refractivity contribution in [3.63, 3.8) is 0 Å². The van der Waals surface area contributed by atoms with Crippen LogP contribution in [0.25, 0.3) is 30.4 Å². The average molecular weight is 1920 g/mol. The highest BCUT2D eigenvalue weighted by atomic mass is 79.9. The molecule has 0 spiro atoms. The fourth-order valence-corrected chi connectivity index (χ4v) is 12.4. The van der Waals surface area contributed by atoms with Crippen LogP contribution in [-0.4, -0.2) is 91.5 Å². The van der Waals surface area contributed by atoms with E-state index in [9.17, 15) is 74.3 Å². The number of ether oxygens (including phenoxy) is 5. The molecule has 0 saturated carbocycles. The number of nitrogens with two attached hydrogens (primary N) is 5. The number of aryl methyl sites for hydroxylation is 4. The number of primary amides is 5. The highest BCUT2D eigenvalue weighted by Gasteiger charge is 2.32. The minimum Gasteiger partial charge on any atom is -0.484 e. The Kier molecular flexibility index (Phi) is 39.5. The maximum Gasteiger partial charge on any atom is 0.416 e. The standard InChI is InChI=1S/2C19H16F3NO3.C18H14BrCl2NO3.C18H15Cl2NO3.C17H12Cl3NO3/c1-12-7-13(9-15(8-12)19(20,21)22)5-6-17(24)14-3-2-4-16(10-14)26-11-18(23)25;1-12-8-13(10-14(9-12)19(20,21)22)6-7-16(24)15-4-2-3-5-17(15)26-11-18(23)25;1-10-6-13(20)7-11(18(10)21)2-4-15(23)14-8-12(19)3-5-16(14)25-9-17(22)24;1-11-5-7-15(19)14(18(11)20)6-8-16(22)12-3-2-4-13(9-12)24-10-17(21)23;18-12-6-11(17(20)14(19)8-12)4-5-15(22)10-2-1-3-13(7-10)24-9-16(21)23/h2*2-10H,11H2,1H3,(H2,23,25);2-8H,9H2,1H3,(H2,22,24);2-9H,10H2,1H3,(H2,21,23);1-8H,9H2,(H2,21,23)/b6-5+;7-6+;4-2+;8-6+;5-4+. The molecule has 0 heterocycles. The molecule has 0 aliphatic rings. The summed E-state index contributed by atoms with van der Waals surface area (Å²) >= 11 is 45.8. The summed E-state index contributed by atoms with van der Waals surface area (Å²) < 4.78 is 104. The molecule has 0 fully saturated rings. The molecule has 0 bridgehead atoms. The van der Waals surface area contributed by atoms with Gasteiger partial charge in [0.1, 0.15) is 28.7 Å². The number of amides is 5. The maximum absolute atomic E-state index is 12.9. The summed E-state index contributed by atoms with van der Waals surface area (Å²) in [5.41, 5.74) is 29.9. The first-order chi connectivity index (χ1) is 58.8. The van der Waals surface area contributed by atoms with Crippen molar-refractivity contribution in [3.05, 3.63) is 347 Å². The number of alkyl halides is 6. The maximum atomic E-state index is 12.9. The first-order valence-corrected chi connectivity index (χ1v) is 39.6. The van der Waals surface area contributed by atoms with Crippen LogP contribution in [0.4, 0.5) is 26.3 Å². The number of para-hydroxylation sites is 1. The Bertz CT molecular complexity index is 5860. The molecule has 10 aromatic carbocycles. The number of halogens is 14. The van der Waals surface area contributed by atoms with Crippen molar-refractivity contribution in [1.29, 1.82) is 0 Å². The lowest BCUT2D eigenvalue weighted by atomic mass is 10.0. The third kappa shape index (κ3) is 34.7. The summed E-state index contributed by atoms with van der Waals surface area (Å²) in [6.45, 7) is 5.25. The molecule has 0 atom stereocenters. The van der Waals surface area contributed by atoms with Gasteiger partial charge in [0.25, 0.3) is 29.5 Å². The molecule has 5 amide bonds. The van der Waals surface area contributed by atoms with Crippen LogP contribution in [0.5, 0.6) is 28.7 Å². The van der Waals surface area contributed by atoms with Crippen molar-refractivity contribution in [2.45, 2.75) is 40.0 Å². The largest absolute Gasteiger partial charge is 0.484 e. The van der Waals surface area contributed by atoms with Gasteiger partial charge in [-0.2, -0.15) is 26.3 Å². The van der Waals surface area contributed by atoms with E-state index in [1.54, 1.807) is 135 Å². The molecular weight excluding hydrogens is 1850 g/mol. The summed E-state index contributed by atoms with van der Waals surface area (Å²) in [7, 11) is 0. The Labute approximate surface area is 756 Å². The van der Waals surface area contributed by atoms with E-state index in [1.807, 2.05) is 19.9 Å². The van der Waals surface area contributed by atoms with Gasteiger partial charge in [-0.05, 0) is 242 Å². The van der Waals surface area contributed by atoms with E-state index in [-0.39, 0.29) is 89.9 Å². The number of hydrogen-bond donors (Lipinski definition) is 5. The normalized spacial score (nSPS) is 11.1. The lowest BCUT2D eigenvalue weighted by Gasteiger charge is -2.09. The molecular formula is C91H73BrCl7F6N5O15. The average Bonchev–Trinajstić information content (AvgIpc) is 0.838. The smallest absolute Gasteiger partial charge is 0.416 e. The lowest BCUT2D eigenvalue weighted by Crippen LogP contribution is -2.20. The molecule has 10 N–H and O–H groups in total. The molecule has 10 rings (SSSR count). The fraction of sp³-hybridized carbons (Fsp3) is 0.121. The molecule has 34 heteroatoms. The molecule has 0 aliphatic carbocycles. The van der Waals surface area contributed by atoms with Crippen LogP contribution < -0.4 is 52.4 Å². The predicted molar refractivity (Wildman–Crippen MR) is 476 cm³/mol. The number of carbonyl (C=O) groups is 10. The summed E-state index contributed by atoms with van der Waals surface area (Å²) in [6, 6.07) is 47.2. The van der Waals surface area contributed by atoms with Crippen LogP contribution in [0.15, 0.2) is 223 Å². The second kappa shape index (κ2) is 48.7. The Hall–Kier alpha value is -12.3. The van der Waals surface area contributed by atoms with Gasteiger partial charge >= 0.3 is 12.4 Å². The Morgan fingerprint density at radius 2 is 0.728 bits per heavy atom. The zero-order chi connectivity index (χ0) is 92.6. The molecule has 10 aromatic rings. The van der Waals surface area contributed by atoms with E-state index in [0.717, 1.165) is 41.5 Å². The molecule has 0 radical (unpaired) electrons. The predicted octanol–water partition coefficient (Wildman–Crippen LogP) is 20.8. The van der Waals surface area contributed by atoms with Crippen LogP contribution in [0.3, 0.4) is 0 Å². The topological polar surface area (TPSA) is 347 Å². The summed E-state index contributed by atoms with van der Waals surface area (Å²) in [5, 5.41) is 3.05. The summed E-state index contributed by atoms with van der Waals surface area (Å²) in [4.78, 5) is 116. The third-order valence-electron chi connectivity index (χ3n) is 16.1. The summed E-state index contributed by atoms with van der Waals surface area (Å²) in [6.07, 6.45) is 4.84. The van der Waals surface area contributed by atoms with Crippen LogP contribution in [-0.2, 0) is 36.3 Å². The molecule has 0 aliphatic heterocycles. The van der Waals surface area contributed by atoms with Crippen LogP contribution in [0.1, 0.15) is 113 Å². The number of hydrogen-bond acceptors (Lipinski definition) is 15. The van der Waals surface area contributed by atoms with E-state index in [1.165, 1.54) is 91.1 Å². The lowest BCUT2D eigenvalue weighted by molar-refractivity contribution is -0.138. The number of ketones is 5. The van der Waals surface area contributed by atoms with Gasteiger partial charge in [-0.3, -0.25) is 47.9 Å². The molecule has 0 aromatic heterocycles. The van der Waals surface area contributed by atoms with E-state index >= 15 is 0 Å². The van der Waals surface area contributed by atoms with Crippen molar-refractivity contribution in [1.82, 2.24) is 0 Å². The Morgan fingerprint density at radius 1 is 0.344 bits per heavy atom. The monoisotopic (exact) mass is 1910 g/mol. The number of carbonyl (C=O) groups excluding carboxylic acids is 10. The Morgan fingerprint density at radius 3 is 1.18 bits per heavy atom. The minimum atomic E-state index is -4.46. The molecule has 0 saturated heterocycles. The van der Waals surface area contributed by atoms with Gasteiger partial charge in [-0.1, -0.05) is 176 Å². The highest BCUT2D eigenvalue weighted by Crippen LogP contribution is 2.36. The van der Waals surface area contributed by atoms with Crippen molar-refractivity contribution in [3.8, 4) is 28.7 Å². The Balaban J connectivity index is 0.000000242. The highest BCUT2D eigenvalue weighted by molar-refractivity contribution is 9.10.